The first-order valence-electron chi connectivity index (χ1n) is 13.9. The Bertz CT molecular complexity index is 1280. The molecule has 1 atom stereocenters. The molecule has 5 heteroatoms. The Balaban J connectivity index is 1.01. The summed E-state index contributed by atoms with van der Waals surface area (Å²) >= 11 is 0. The van der Waals surface area contributed by atoms with E-state index in [0.717, 1.165) is 63.8 Å². The quantitative estimate of drug-likeness (QED) is 0.503. The number of fused-ring (bicyclic) bond motifs is 2. The topological polar surface area (TPSA) is 52.7 Å². The second-order valence-corrected chi connectivity index (χ2v) is 11.5. The summed E-state index contributed by atoms with van der Waals surface area (Å²) in [5.41, 5.74) is 4.13. The largest absolute Gasteiger partial charge is 0.343 e. The van der Waals surface area contributed by atoms with Gasteiger partial charge in [-0.05, 0) is 77.8 Å². The average molecular weight is 496 g/mol. The molecule has 3 aromatic carbocycles. The fraction of sp³-hybridized carbons (Fsp3) is 0.438. The van der Waals surface area contributed by atoms with Gasteiger partial charge < -0.3 is 15.1 Å². The van der Waals surface area contributed by atoms with Crippen molar-refractivity contribution >= 4 is 22.7 Å². The van der Waals surface area contributed by atoms with E-state index in [4.69, 9.17) is 0 Å². The Morgan fingerprint density at radius 1 is 0.865 bits per heavy atom. The normalized spacial score (nSPS) is 19.8. The van der Waals surface area contributed by atoms with Gasteiger partial charge in [-0.1, -0.05) is 66.7 Å². The Morgan fingerprint density at radius 2 is 1.49 bits per heavy atom. The van der Waals surface area contributed by atoms with Crippen molar-refractivity contribution in [2.45, 2.75) is 51.5 Å². The highest BCUT2D eigenvalue weighted by Crippen LogP contribution is 2.41. The molecule has 0 radical (unpaired) electrons. The summed E-state index contributed by atoms with van der Waals surface area (Å²) in [5.74, 6) is 0.749. The van der Waals surface area contributed by atoms with Crippen LogP contribution in [0.25, 0.3) is 10.8 Å². The zero-order chi connectivity index (χ0) is 25.4. The van der Waals surface area contributed by atoms with E-state index in [1.165, 1.54) is 21.9 Å². The minimum atomic E-state index is -0.0589. The smallest absolute Gasteiger partial charge is 0.317 e. The molecule has 3 aliphatic rings. The third-order valence-corrected chi connectivity index (χ3v) is 9.13. The van der Waals surface area contributed by atoms with Crippen LogP contribution in [0.4, 0.5) is 4.79 Å². The predicted octanol–water partition coefficient (Wildman–Crippen LogP) is 5.73. The van der Waals surface area contributed by atoms with Crippen LogP contribution in [0.1, 0.15) is 55.3 Å². The van der Waals surface area contributed by atoms with Gasteiger partial charge in [0.15, 0.2) is 0 Å². The Kier molecular flexibility index (Phi) is 6.39. The van der Waals surface area contributed by atoms with Gasteiger partial charge in [-0.3, -0.25) is 4.79 Å². The summed E-state index contributed by atoms with van der Waals surface area (Å²) in [7, 11) is 0. The van der Waals surface area contributed by atoms with E-state index in [0.29, 0.717) is 18.2 Å². The van der Waals surface area contributed by atoms with Crippen molar-refractivity contribution in [3.05, 3.63) is 83.4 Å². The van der Waals surface area contributed by atoms with Crippen LogP contribution in [0.3, 0.4) is 0 Å². The standard InChI is InChI=1S/C32H37N3O2/c1-23(28-12-6-10-25-7-4-5-11-29(25)28)33-31(37)35-18-15-32(22-35)13-16-34(17-14-32)30(36)21-24-19-26-8-2-3-9-27(26)20-24/h2-12,23-24H,13-22H2,1H3,(H,33,37). The van der Waals surface area contributed by atoms with Crippen molar-refractivity contribution in [3.63, 3.8) is 0 Å². The molecule has 192 valence electrons. The lowest BCUT2D eigenvalue weighted by molar-refractivity contribution is -0.134. The molecule has 2 aliphatic heterocycles. The first-order chi connectivity index (χ1) is 18.0. The number of benzene rings is 3. The van der Waals surface area contributed by atoms with E-state index in [2.05, 4.69) is 77.8 Å². The van der Waals surface area contributed by atoms with Crippen molar-refractivity contribution in [1.82, 2.24) is 15.1 Å². The maximum absolute atomic E-state index is 13.2. The Hall–Kier alpha value is -3.34. The molecule has 0 aromatic heterocycles. The van der Waals surface area contributed by atoms with Gasteiger partial charge in [-0.25, -0.2) is 4.79 Å². The summed E-state index contributed by atoms with van der Waals surface area (Å²) < 4.78 is 0. The second-order valence-electron chi connectivity index (χ2n) is 11.5. The zero-order valence-corrected chi connectivity index (χ0v) is 21.8. The molecule has 2 heterocycles. The molecule has 3 amide bonds. The highest BCUT2D eigenvalue weighted by molar-refractivity contribution is 5.86. The van der Waals surface area contributed by atoms with Crippen LogP contribution in [-0.2, 0) is 17.6 Å². The minimum Gasteiger partial charge on any atom is -0.343 e. The molecule has 1 unspecified atom stereocenters. The van der Waals surface area contributed by atoms with E-state index >= 15 is 0 Å². The third-order valence-electron chi connectivity index (χ3n) is 9.13. The fourth-order valence-electron chi connectivity index (χ4n) is 6.90. The Labute approximate surface area is 219 Å². The molecular formula is C32H37N3O2. The number of likely N-dealkylation sites (tertiary alicyclic amines) is 2. The van der Waals surface area contributed by atoms with Crippen LogP contribution in [0, 0.1) is 11.3 Å². The highest BCUT2D eigenvalue weighted by atomic mass is 16.2. The van der Waals surface area contributed by atoms with Gasteiger partial charge in [0.2, 0.25) is 5.91 Å². The van der Waals surface area contributed by atoms with Crippen LogP contribution in [-0.4, -0.2) is 47.9 Å². The number of piperidine rings is 1. The van der Waals surface area contributed by atoms with E-state index in [9.17, 15) is 9.59 Å². The van der Waals surface area contributed by atoms with E-state index in [1.54, 1.807) is 0 Å². The van der Waals surface area contributed by atoms with Crippen LogP contribution < -0.4 is 5.32 Å². The molecule has 2 saturated heterocycles. The molecule has 1 spiro atoms. The summed E-state index contributed by atoms with van der Waals surface area (Å²) in [6, 6.07) is 23.2. The molecule has 1 aliphatic carbocycles. The molecule has 37 heavy (non-hydrogen) atoms. The van der Waals surface area contributed by atoms with Gasteiger partial charge in [0.05, 0.1) is 6.04 Å². The van der Waals surface area contributed by atoms with E-state index in [-0.39, 0.29) is 17.5 Å². The molecular weight excluding hydrogens is 458 g/mol. The lowest BCUT2D eigenvalue weighted by Gasteiger charge is -2.39. The fourth-order valence-corrected chi connectivity index (χ4v) is 6.90. The summed E-state index contributed by atoms with van der Waals surface area (Å²) in [6.45, 7) is 5.29. The number of urea groups is 1. The lowest BCUT2D eigenvalue weighted by Crippen LogP contribution is -2.46. The van der Waals surface area contributed by atoms with Gasteiger partial charge >= 0.3 is 6.03 Å². The molecule has 2 fully saturated rings. The van der Waals surface area contributed by atoms with Gasteiger partial charge in [-0.15, -0.1) is 0 Å². The number of hydrogen-bond acceptors (Lipinski definition) is 2. The molecule has 0 saturated carbocycles. The number of carbonyl (C=O) groups is 2. The van der Waals surface area contributed by atoms with Gasteiger partial charge in [0.1, 0.15) is 0 Å². The number of hydrogen-bond donors (Lipinski definition) is 1. The van der Waals surface area contributed by atoms with Crippen molar-refractivity contribution in [2.24, 2.45) is 11.3 Å². The monoisotopic (exact) mass is 495 g/mol. The van der Waals surface area contributed by atoms with Crippen LogP contribution in [0.15, 0.2) is 66.7 Å². The number of rotatable bonds is 4. The molecule has 1 N–H and O–H groups in total. The van der Waals surface area contributed by atoms with Crippen molar-refractivity contribution in [1.29, 1.82) is 0 Å². The van der Waals surface area contributed by atoms with Gasteiger partial charge in [0.25, 0.3) is 0 Å². The Morgan fingerprint density at radius 3 is 2.22 bits per heavy atom. The highest BCUT2D eigenvalue weighted by Gasteiger charge is 2.43. The molecule has 3 aromatic rings. The van der Waals surface area contributed by atoms with Crippen molar-refractivity contribution in [3.8, 4) is 0 Å². The maximum atomic E-state index is 13.2. The van der Waals surface area contributed by atoms with Crippen LogP contribution in [0.2, 0.25) is 0 Å². The van der Waals surface area contributed by atoms with Gasteiger partial charge in [0, 0.05) is 32.6 Å². The number of nitrogens with zero attached hydrogens (tertiary/aromatic N) is 2. The molecule has 6 rings (SSSR count). The van der Waals surface area contributed by atoms with Crippen LogP contribution >= 0.6 is 0 Å². The SMILES string of the molecule is CC(NC(=O)N1CCC2(CCN(C(=O)CC3Cc4ccccc4C3)CC2)C1)c1cccc2ccccc12. The summed E-state index contributed by atoms with van der Waals surface area (Å²) in [6.07, 6.45) is 5.73. The number of amides is 3. The lowest BCUT2D eigenvalue weighted by atomic mass is 9.77. The summed E-state index contributed by atoms with van der Waals surface area (Å²) in [4.78, 5) is 30.4. The molecule has 5 nitrogen and oxygen atoms in total. The molecule has 0 bridgehead atoms. The average Bonchev–Trinajstić information content (AvgIpc) is 3.52. The van der Waals surface area contributed by atoms with Crippen molar-refractivity contribution < 1.29 is 9.59 Å². The van der Waals surface area contributed by atoms with Crippen molar-refractivity contribution in [2.75, 3.05) is 26.2 Å². The third kappa shape index (κ3) is 4.84. The van der Waals surface area contributed by atoms with E-state index < -0.39 is 0 Å². The minimum absolute atomic E-state index is 0.0246. The first-order valence-corrected chi connectivity index (χ1v) is 13.9. The first kappa shape index (κ1) is 24.0. The summed E-state index contributed by atoms with van der Waals surface area (Å²) in [5, 5.41) is 5.63. The zero-order valence-electron chi connectivity index (χ0n) is 21.8. The maximum Gasteiger partial charge on any atom is 0.317 e. The van der Waals surface area contributed by atoms with Gasteiger partial charge in [-0.2, -0.15) is 0 Å². The predicted molar refractivity (Wildman–Crippen MR) is 147 cm³/mol. The second kappa shape index (κ2) is 9.85. The number of carbonyl (C=O) groups excluding carboxylic acids is 2. The number of nitrogens with one attached hydrogen (secondary N) is 1. The van der Waals surface area contributed by atoms with Crippen LogP contribution in [0.5, 0.6) is 0 Å². The van der Waals surface area contributed by atoms with E-state index in [1.807, 2.05) is 11.0 Å².